The maximum Gasteiger partial charge on any atom is 0.226 e. The number of carbonyl (C=O) groups is 1. The number of rotatable bonds is 5. The second-order valence-electron chi connectivity index (χ2n) is 4.90. The molecule has 0 saturated carbocycles. The molecule has 20 heavy (non-hydrogen) atoms. The second-order valence-corrected chi connectivity index (χ2v) is 5.76. The van der Waals surface area contributed by atoms with E-state index in [4.69, 9.17) is 5.73 Å². The van der Waals surface area contributed by atoms with Crippen LogP contribution in [0.15, 0.2) is 29.6 Å². The minimum atomic E-state index is 0.00367. The van der Waals surface area contributed by atoms with E-state index in [2.05, 4.69) is 10.3 Å². The zero-order valence-electron chi connectivity index (χ0n) is 11.7. The molecular formula is C15H19N3OS. The van der Waals surface area contributed by atoms with Crippen molar-refractivity contribution < 1.29 is 4.79 Å². The molecule has 1 aromatic carbocycles. The molecule has 1 heterocycles. The molecule has 0 aliphatic heterocycles. The first-order chi connectivity index (χ1) is 9.60. The van der Waals surface area contributed by atoms with Crippen LogP contribution in [0, 0.1) is 0 Å². The lowest BCUT2D eigenvalue weighted by atomic mass is 10.1. The summed E-state index contributed by atoms with van der Waals surface area (Å²) in [6.45, 7) is 4.38. The van der Waals surface area contributed by atoms with Crippen LogP contribution in [0.3, 0.4) is 0 Å². The molecule has 0 fully saturated rings. The van der Waals surface area contributed by atoms with Gasteiger partial charge in [0.2, 0.25) is 5.91 Å². The predicted octanol–water partition coefficient (Wildman–Crippen LogP) is 2.34. The van der Waals surface area contributed by atoms with Gasteiger partial charge in [0, 0.05) is 23.5 Å². The van der Waals surface area contributed by atoms with Crippen molar-refractivity contribution in [1.82, 2.24) is 10.3 Å². The van der Waals surface area contributed by atoms with Crippen LogP contribution in [0.5, 0.6) is 0 Å². The van der Waals surface area contributed by atoms with Gasteiger partial charge in [-0.15, -0.1) is 11.3 Å². The van der Waals surface area contributed by atoms with Gasteiger partial charge < -0.3 is 11.1 Å². The van der Waals surface area contributed by atoms with Crippen molar-refractivity contribution in [2.45, 2.75) is 32.9 Å². The summed E-state index contributed by atoms with van der Waals surface area (Å²) < 4.78 is 0. The van der Waals surface area contributed by atoms with Crippen molar-refractivity contribution in [1.29, 1.82) is 0 Å². The summed E-state index contributed by atoms with van der Waals surface area (Å²) in [4.78, 5) is 16.3. The highest BCUT2D eigenvalue weighted by Crippen LogP contribution is 2.27. The molecule has 0 unspecified atom stereocenters. The zero-order valence-corrected chi connectivity index (χ0v) is 12.5. The summed E-state index contributed by atoms with van der Waals surface area (Å²) >= 11 is 1.55. The van der Waals surface area contributed by atoms with E-state index in [9.17, 15) is 4.79 Å². The van der Waals surface area contributed by atoms with E-state index >= 15 is 0 Å². The van der Waals surface area contributed by atoms with Crippen LogP contribution in [0.2, 0.25) is 0 Å². The Balaban J connectivity index is 2.15. The average Bonchev–Trinajstić information content (AvgIpc) is 2.85. The van der Waals surface area contributed by atoms with Crippen molar-refractivity contribution in [2.75, 3.05) is 0 Å². The molecule has 5 heteroatoms. The van der Waals surface area contributed by atoms with Gasteiger partial charge in [-0.25, -0.2) is 4.98 Å². The largest absolute Gasteiger partial charge is 0.354 e. The van der Waals surface area contributed by atoms with Gasteiger partial charge in [0.25, 0.3) is 0 Å². The Kier molecular flexibility index (Phi) is 4.87. The van der Waals surface area contributed by atoms with E-state index < -0.39 is 0 Å². The first kappa shape index (κ1) is 14.7. The van der Waals surface area contributed by atoms with E-state index in [0.717, 1.165) is 21.8 Å². The average molecular weight is 289 g/mol. The third kappa shape index (κ3) is 3.65. The first-order valence-electron chi connectivity index (χ1n) is 6.62. The van der Waals surface area contributed by atoms with Crippen LogP contribution in [-0.4, -0.2) is 16.9 Å². The molecule has 0 radical (unpaired) electrons. The Bertz CT molecular complexity index is 592. The number of hydrogen-bond acceptors (Lipinski definition) is 4. The molecule has 2 aromatic rings. The number of carbonyl (C=O) groups excluding carboxylic acids is 1. The summed E-state index contributed by atoms with van der Waals surface area (Å²) in [7, 11) is 0. The van der Waals surface area contributed by atoms with E-state index in [1.807, 2.05) is 43.5 Å². The topological polar surface area (TPSA) is 68.0 Å². The lowest BCUT2D eigenvalue weighted by Crippen LogP contribution is -2.31. The minimum absolute atomic E-state index is 0.00367. The monoisotopic (exact) mass is 289 g/mol. The molecule has 1 amide bonds. The third-order valence-corrected chi connectivity index (χ3v) is 3.74. The molecule has 106 valence electrons. The number of nitrogens with one attached hydrogen (secondary N) is 1. The molecule has 0 saturated heterocycles. The molecular weight excluding hydrogens is 270 g/mol. The standard InChI is InChI=1S/C15H19N3OS/c1-10(2)17-14(19)7-12-9-20-15(18-12)13-6-4-3-5-11(13)8-16/h3-6,9-10H,7-8,16H2,1-2H3,(H,17,19). The van der Waals surface area contributed by atoms with E-state index in [0.29, 0.717) is 13.0 Å². The second kappa shape index (κ2) is 6.63. The number of aromatic nitrogens is 1. The first-order valence-corrected chi connectivity index (χ1v) is 7.50. The smallest absolute Gasteiger partial charge is 0.226 e. The number of thiazole rings is 1. The van der Waals surface area contributed by atoms with Gasteiger partial charge in [-0.05, 0) is 19.4 Å². The number of hydrogen-bond donors (Lipinski definition) is 2. The highest BCUT2D eigenvalue weighted by Gasteiger charge is 2.11. The molecule has 0 atom stereocenters. The number of nitrogens with zero attached hydrogens (tertiary/aromatic N) is 1. The summed E-state index contributed by atoms with van der Waals surface area (Å²) in [5.74, 6) is 0.00367. The van der Waals surface area contributed by atoms with Crippen LogP contribution < -0.4 is 11.1 Å². The predicted molar refractivity (Wildman–Crippen MR) is 82.4 cm³/mol. The van der Waals surface area contributed by atoms with E-state index in [1.165, 1.54) is 0 Å². The lowest BCUT2D eigenvalue weighted by molar-refractivity contribution is -0.120. The fourth-order valence-corrected chi connectivity index (χ4v) is 2.84. The molecule has 2 rings (SSSR count). The normalized spacial score (nSPS) is 10.8. The van der Waals surface area contributed by atoms with Crippen molar-refractivity contribution in [2.24, 2.45) is 5.73 Å². The van der Waals surface area contributed by atoms with Crippen molar-refractivity contribution in [3.63, 3.8) is 0 Å². The van der Waals surface area contributed by atoms with Gasteiger partial charge in [-0.3, -0.25) is 4.79 Å². The maximum absolute atomic E-state index is 11.7. The SMILES string of the molecule is CC(C)NC(=O)Cc1csc(-c2ccccc2CN)n1. The molecule has 0 bridgehead atoms. The van der Waals surface area contributed by atoms with Crippen LogP contribution in [0.1, 0.15) is 25.1 Å². The van der Waals surface area contributed by atoms with Gasteiger partial charge in [0.1, 0.15) is 5.01 Å². The van der Waals surface area contributed by atoms with Gasteiger partial charge in [-0.2, -0.15) is 0 Å². The minimum Gasteiger partial charge on any atom is -0.354 e. The number of amides is 1. The Morgan fingerprint density at radius 2 is 2.15 bits per heavy atom. The molecule has 0 aliphatic rings. The van der Waals surface area contributed by atoms with Gasteiger partial charge >= 0.3 is 0 Å². The summed E-state index contributed by atoms with van der Waals surface area (Å²) in [5.41, 5.74) is 8.66. The van der Waals surface area contributed by atoms with Gasteiger partial charge in [0.05, 0.1) is 12.1 Å². The zero-order chi connectivity index (χ0) is 14.5. The van der Waals surface area contributed by atoms with E-state index in [1.54, 1.807) is 11.3 Å². The maximum atomic E-state index is 11.7. The molecule has 4 nitrogen and oxygen atoms in total. The third-order valence-electron chi connectivity index (χ3n) is 2.81. The lowest BCUT2D eigenvalue weighted by Gasteiger charge is -2.06. The summed E-state index contributed by atoms with van der Waals surface area (Å²) in [6, 6.07) is 8.11. The van der Waals surface area contributed by atoms with Crippen LogP contribution in [-0.2, 0) is 17.8 Å². The van der Waals surface area contributed by atoms with E-state index in [-0.39, 0.29) is 11.9 Å². The van der Waals surface area contributed by atoms with Crippen molar-refractivity contribution in [3.8, 4) is 10.6 Å². The Morgan fingerprint density at radius 3 is 2.85 bits per heavy atom. The van der Waals surface area contributed by atoms with Crippen LogP contribution in [0.4, 0.5) is 0 Å². The molecule has 1 aromatic heterocycles. The highest BCUT2D eigenvalue weighted by molar-refractivity contribution is 7.13. The molecule has 0 aliphatic carbocycles. The Hall–Kier alpha value is -1.72. The molecule has 3 N–H and O–H groups in total. The quantitative estimate of drug-likeness (QED) is 0.887. The van der Waals surface area contributed by atoms with Gasteiger partial charge in [0.15, 0.2) is 0 Å². The molecule has 0 spiro atoms. The fraction of sp³-hybridized carbons (Fsp3) is 0.333. The van der Waals surface area contributed by atoms with Crippen LogP contribution >= 0.6 is 11.3 Å². The summed E-state index contributed by atoms with van der Waals surface area (Å²) in [6.07, 6.45) is 0.319. The fourth-order valence-electron chi connectivity index (χ4n) is 1.96. The number of benzene rings is 1. The van der Waals surface area contributed by atoms with Gasteiger partial charge in [-0.1, -0.05) is 24.3 Å². The number of nitrogens with two attached hydrogens (primary N) is 1. The summed E-state index contributed by atoms with van der Waals surface area (Å²) in [5, 5.41) is 5.72. The highest BCUT2D eigenvalue weighted by atomic mass is 32.1. The Morgan fingerprint density at radius 1 is 1.40 bits per heavy atom. The van der Waals surface area contributed by atoms with Crippen molar-refractivity contribution >= 4 is 17.2 Å². The van der Waals surface area contributed by atoms with Crippen molar-refractivity contribution in [3.05, 3.63) is 40.9 Å². The Labute approximate surface area is 123 Å². The van der Waals surface area contributed by atoms with Crippen LogP contribution in [0.25, 0.3) is 10.6 Å².